The lowest BCUT2D eigenvalue weighted by Crippen LogP contribution is -2.04. The van der Waals surface area contributed by atoms with Gasteiger partial charge in [-0.15, -0.1) is 0 Å². The summed E-state index contributed by atoms with van der Waals surface area (Å²) in [7, 11) is 0. The van der Waals surface area contributed by atoms with Crippen LogP contribution < -0.4 is 0 Å². The summed E-state index contributed by atoms with van der Waals surface area (Å²) < 4.78 is 0. The monoisotopic (exact) mass is 157 g/mol. The van der Waals surface area contributed by atoms with E-state index in [2.05, 4.69) is 50.6 Å². The summed E-state index contributed by atoms with van der Waals surface area (Å²) in [6.07, 6.45) is 6.59. The van der Waals surface area contributed by atoms with Gasteiger partial charge in [0.15, 0.2) is 0 Å². The molecule has 1 radical (unpaired) electrons. The highest BCUT2D eigenvalue weighted by molar-refractivity contribution is 5.42. The summed E-state index contributed by atoms with van der Waals surface area (Å²) in [5, 5.41) is 0. The summed E-state index contributed by atoms with van der Waals surface area (Å²) in [5.74, 6) is 0.574. The molecule has 0 saturated heterocycles. The Kier molecular flexibility index (Phi) is 1.76. The van der Waals surface area contributed by atoms with Crippen molar-refractivity contribution in [2.75, 3.05) is 0 Å². The van der Waals surface area contributed by atoms with E-state index in [1.165, 1.54) is 16.7 Å². The zero-order chi connectivity index (χ0) is 8.55. The average Bonchev–Trinajstić information content (AvgIpc) is 1.93. The lowest BCUT2D eigenvalue weighted by molar-refractivity contribution is 0.942. The van der Waals surface area contributed by atoms with Gasteiger partial charge in [0.2, 0.25) is 0 Å². The molecular formula is C12H13. The van der Waals surface area contributed by atoms with Crippen LogP contribution in [0, 0.1) is 20.3 Å². The van der Waals surface area contributed by atoms with Crippen LogP contribution in [0.25, 0.3) is 0 Å². The molecule has 1 aliphatic carbocycles. The smallest absolute Gasteiger partial charge is 0.00896 e. The molecule has 1 aromatic carbocycles. The third-order valence-electron chi connectivity index (χ3n) is 2.43. The average molecular weight is 157 g/mol. The summed E-state index contributed by atoms with van der Waals surface area (Å²) in [4.78, 5) is 0. The van der Waals surface area contributed by atoms with E-state index < -0.39 is 0 Å². The Balaban J connectivity index is 2.41. The second-order valence-corrected chi connectivity index (χ2v) is 3.46. The fourth-order valence-corrected chi connectivity index (χ4v) is 1.55. The van der Waals surface area contributed by atoms with E-state index in [1.807, 2.05) is 0 Å². The molecule has 0 spiro atoms. The standard InChI is InChI=1S/C12H13/c1-9-6-7-10(2)12(8-9)11-4-3-5-11/h3-8,11H,1-2H3. The Morgan fingerprint density at radius 3 is 2.50 bits per heavy atom. The van der Waals surface area contributed by atoms with Crippen molar-refractivity contribution in [1.82, 2.24) is 0 Å². The molecule has 12 heavy (non-hydrogen) atoms. The van der Waals surface area contributed by atoms with Crippen molar-refractivity contribution in [3.05, 3.63) is 53.5 Å². The second kappa shape index (κ2) is 2.78. The molecule has 0 fully saturated rings. The van der Waals surface area contributed by atoms with Gasteiger partial charge < -0.3 is 0 Å². The first kappa shape index (κ1) is 7.60. The van der Waals surface area contributed by atoms with Crippen LogP contribution in [0.1, 0.15) is 22.6 Å². The molecule has 0 bridgehead atoms. The normalized spacial score (nSPS) is 20.7. The maximum Gasteiger partial charge on any atom is 0.00896 e. The minimum Gasteiger partial charge on any atom is -0.0832 e. The van der Waals surface area contributed by atoms with Crippen LogP contribution in [-0.4, -0.2) is 0 Å². The van der Waals surface area contributed by atoms with Crippen LogP contribution in [-0.2, 0) is 0 Å². The number of benzene rings is 1. The van der Waals surface area contributed by atoms with Gasteiger partial charge >= 0.3 is 0 Å². The SMILES string of the molecule is Cc1ccc(C)c(C2[CH]C=C2)c1. The molecule has 1 unspecified atom stereocenters. The van der Waals surface area contributed by atoms with Crippen molar-refractivity contribution in [3.8, 4) is 0 Å². The van der Waals surface area contributed by atoms with E-state index in [9.17, 15) is 0 Å². The molecule has 2 rings (SSSR count). The minimum absolute atomic E-state index is 0.574. The first-order valence-corrected chi connectivity index (χ1v) is 4.36. The number of hydrogen-bond donors (Lipinski definition) is 0. The molecular weight excluding hydrogens is 144 g/mol. The van der Waals surface area contributed by atoms with Gasteiger partial charge in [-0.05, 0) is 31.4 Å². The van der Waals surface area contributed by atoms with Crippen molar-refractivity contribution >= 4 is 0 Å². The van der Waals surface area contributed by atoms with Gasteiger partial charge in [0, 0.05) is 5.92 Å². The minimum atomic E-state index is 0.574. The topological polar surface area (TPSA) is 0 Å². The quantitative estimate of drug-likeness (QED) is 0.587. The molecule has 0 nitrogen and oxygen atoms in total. The Morgan fingerprint density at radius 2 is 1.92 bits per heavy atom. The predicted molar refractivity (Wildman–Crippen MR) is 52.1 cm³/mol. The molecule has 1 atom stereocenters. The fourth-order valence-electron chi connectivity index (χ4n) is 1.55. The lowest BCUT2D eigenvalue weighted by Gasteiger charge is -2.20. The zero-order valence-electron chi connectivity index (χ0n) is 7.54. The third-order valence-corrected chi connectivity index (χ3v) is 2.43. The molecule has 0 heterocycles. The lowest BCUT2D eigenvalue weighted by atomic mass is 9.85. The Bertz CT molecular complexity index is 321. The third kappa shape index (κ3) is 1.18. The fraction of sp³-hybridized carbons (Fsp3) is 0.250. The van der Waals surface area contributed by atoms with Crippen molar-refractivity contribution in [3.63, 3.8) is 0 Å². The van der Waals surface area contributed by atoms with E-state index in [-0.39, 0.29) is 0 Å². The maximum atomic E-state index is 2.28. The molecule has 61 valence electrons. The van der Waals surface area contributed by atoms with E-state index in [0.29, 0.717) is 5.92 Å². The first-order chi connectivity index (χ1) is 5.77. The molecule has 0 amide bonds. The number of allylic oxidation sites excluding steroid dienone is 2. The van der Waals surface area contributed by atoms with E-state index in [1.54, 1.807) is 0 Å². The predicted octanol–water partition coefficient (Wildman–Crippen LogP) is 3.16. The second-order valence-electron chi connectivity index (χ2n) is 3.46. The van der Waals surface area contributed by atoms with Gasteiger partial charge in [-0.1, -0.05) is 35.9 Å². The van der Waals surface area contributed by atoms with E-state index in [4.69, 9.17) is 0 Å². The van der Waals surface area contributed by atoms with Gasteiger partial charge in [0.25, 0.3) is 0 Å². The highest BCUT2D eigenvalue weighted by atomic mass is 14.2. The molecule has 0 heteroatoms. The van der Waals surface area contributed by atoms with Crippen LogP contribution in [0.5, 0.6) is 0 Å². The van der Waals surface area contributed by atoms with Crippen molar-refractivity contribution in [2.45, 2.75) is 19.8 Å². The van der Waals surface area contributed by atoms with Crippen LogP contribution in [0.4, 0.5) is 0 Å². The van der Waals surface area contributed by atoms with Crippen LogP contribution in [0.3, 0.4) is 0 Å². The van der Waals surface area contributed by atoms with Gasteiger partial charge in [-0.2, -0.15) is 0 Å². The Labute approximate surface area is 73.9 Å². The largest absolute Gasteiger partial charge is 0.0832 e. The molecule has 1 aromatic rings. The van der Waals surface area contributed by atoms with Gasteiger partial charge in [0.1, 0.15) is 0 Å². The number of rotatable bonds is 1. The Hall–Kier alpha value is -1.04. The highest BCUT2D eigenvalue weighted by Gasteiger charge is 2.14. The Morgan fingerprint density at radius 1 is 1.17 bits per heavy atom. The molecule has 0 N–H and O–H groups in total. The van der Waals surface area contributed by atoms with Gasteiger partial charge in [-0.3, -0.25) is 0 Å². The highest BCUT2D eigenvalue weighted by Crippen LogP contribution is 2.30. The van der Waals surface area contributed by atoms with Gasteiger partial charge in [0.05, 0.1) is 0 Å². The summed E-state index contributed by atoms with van der Waals surface area (Å²) >= 11 is 0. The van der Waals surface area contributed by atoms with E-state index >= 15 is 0 Å². The molecule has 0 aromatic heterocycles. The first-order valence-electron chi connectivity index (χ1n) is 4.36. The van der Waals surface area contributed by atoms with Crippen LogP contribution >= 0.6 is 0 Å². The number of aryl methyl sites for hydroxylation is 2. The number of hydrogen-bond acceptors (Lipinski definition) is 0. The van der Waals surface area contributed by atoms with E-state index in [0.717, 1.165) is 0 Å². The summed E-state index contributed by atoms with van der Waals surface area (Å²) in [5.41, 5.74) is 4.20. The maximum absolute atomic E-state index is 2.28. The van der Waals surface area contributed by atoms with Crippen molar-refractivity contribution in [1.29, 1.82) is 0 Å². The zero-order valence-corrected chi connectivity index (χ0v) is 7.54. The van der Waals surface area contributed by atoms with Crippen LogP contribution in [0.2, 0.25) is 0 Å². The van der Waals surface area contributed by atoms with Crippen LogP contribution in [0.15, 0.2) is 30.4 Å². The molecule has 0 saturated carbocycles. The van der Waals surface area contributed by atoms with Crippen molar-refractivity contribution in [2.24, 2.45) is 0 Å². The summed E-state index contributed by atoms with van der Waals surface area (Å²) in [6.45, 7) is 4.32. The summed E-state index contributed by atoms with van der Waals surface area (Å²) in [6, 6.07) is 6.64. The molecule has 1 aliphatic rings. The van der Waals surface area contributed by atoms with Crippen molar-refractivity contribution < 1.29 is 0 Å². The molecule has 0 aliphatic heterocycles. The van der Waals surface area contributed by atoms with Gasteiger partial charge in [-0.25, -0.2) is 0 Å².